The number of hydrogen-bond donors (Lipinski definition) is 0. The normalized spacial score (nSPS) is 15.1. The number of fused-ring (bicyclic) bond motifs is 1. The van der Waals surface area contributed by atoms with Crippen molar-refractivity contribution in [1.29, 1.82) is 0 Å². The molecule has 1 aromatic heterocycles. The summed E-state index contributed by atoms with van der Waals surface area (Å²) in [5.74, 6) is 0.645. The minimum absolute atomic E-state index is 0.0413. The van der Waals surface area contributed by atoms with Gasteiger partial charge in [0.2, 0.25) is 0 Å². The number of carbonyl (C=O) groups is 2. The molecule has 1 aliphatic heterocycles. The number of ether oxygens (including phenoxy) is 1. The summed E-state index contributed by atoms with van der Waals surface area (Å²) >= 11 is 1.61. The molecule has 5 rings (SSSR count). The Hall–Kier alpha value is -3.77. The molecule has 1 unspecified atom stereocenters. The second-order valence-electron chi connectivity index (χ2n) is 9.36. The van der Waals surface area contributed by atoms with Gasteiger partial charge in [-0.3, -0.25) is 14.5 Å². The Bertz CT molecular complexity index is 1390. The van der Waals surface area contributed by atoms with Crippen molar-refractivity contribution in [3.05, 3.63) is 99.9 Å². The highest BCUT2D eigenvalue weighted by molar-refractivity contribution is 7.10. The molecule has 0 saturated heterocycles. The summed E-state index contributed by atoms with van der Waals surface area (Å²) in [4.78, 5) is 32.6. The van der Waals surface area contributed by atoms with E-state index >= 15 is 0 Å². The lowest BCUT2D eigenvalue weighted by Crippen LogP contribution is -2.46. The molecule has 1 atom stereocenters. The third-order valence-electron chi connectivity index (χ3n) is 6.41. The molecule has 6 heteroatoms. The maximum atomic E-state index is 13.1. The van der Waals surface area contributed by atoms with E-state index in [4.69, 9.17) is 9.72 Å². The minimum Gasteiger partial charge on any atom is -0.479 e. The monoisotopic (exact) mass is 496 g/mol. The van der Waals surface area contributed by atoms with E-state index < -0.39 is 6.10 Å². The summed E-state index contributed by atoms with van der Waals surface area (Å²) in [6, 6.07) is 23.6. The van der Waals surface area contributed by atoms with Crippen LogP contribution in [0.2, 0.25) is 0 Å². The van der Waals surface area contributed by atoms with Crippen LogP contribution in [0.15, 0.2) is 78.2 Å². The maximum Gasteiger partial charge on any atom is 0.268 e. The zero-order valence-electron chi connectivity index (χ0n) is 20.6. The number of rotatable bonds is 7. The van der Waals surface area contributed by atoms with Gasteiger partial charge in [-0.2, -0.15) is 0 Å². The molecule has 0 bridgehead atoms. The lowest BCUT2D eigenvalue weighted by atomic mass is 10.00. The van der Waals surface area contributed by atoms with Crippen LogP contribution in [0.4, 0.5) is 5.69 Å². The fraction of sp³-hybridized carbons (Fsp3) is 0.233. The van der Waals surface area contributed by atoms with Crippen LogP contribution < -0.4 is 9.64 Å². The first-order valence-electron chi connectivity index (χ1n) is 12.1. The predicted octanol–water partition coefficient (Wildman–Crippen LogP) is 6.52. The first-order valence-corrected chi connectivity index (χ1v) is 13.0. The van der Waals surface area contributed by atoms with Gasteiger partial charge in [0, 0.05) is 22.9 Å². The van der Waals surface area contributed by atoms with Gasteiger partial charge >= 0.3 is 0 Å². The molecule has 4 aromatic rings. The number of nitrogens with zero attached hydrogens (tertiary/aromatic N) is 2. The van der Waals surface area contributed by atoms with E-state index in [1.54, 1.807) is 23.2 Å². The number of anilines is 1. The zero-order valence-corrected chi connectivity index (χ0v) is 21.4. The Kier molecular flexibility index (Phi) is 6.70. The molecular weight excluding hydrogens is 468 g/mol. The van der Waals surface area contributed by atoms with Crippen molar-refractivity contribution in [1.82, 2.24) is 4.98 Å². The van der Waals surface area contributed by atoms with Crippen LogP contribution in [0, 0.1) is 0 Å². The van der Waals surface area contributed by atoms with E-state index in [1.807, 2.05) is 66.0 Å². The first kappa shape index (κ1) is 23.9. The van der Waals surface area contributed by atoms with Gasteiger partial charge in [-0.15, -0.1) is 11.3 Å². The largest absolute Gasteiger partial charge is 0.479 e. The van der Waals surface area contributed by atoms with Gasteiger partial charge in [-0.1, -0.05) is 68.4 Å². The Morgan fingerprint density at radius 2 is 1.81 bits per heavy atom. The molecule has 0 aliphatic carbocycles. The standard InChI is InChI=1S/C30H28N2O3S/c1-19(2)22-9-11-23(12-10-22)27(33)17-32-26-16-24(13-14-28(26)35-20(3)30(32)34)25-18-36-29(31-25)15-21-7-5-4-6-8-21/h4-14,16,18-20H,15,17H2,1-3H3. The molecule has 0 N–H and O–H groups in total. The van der Waals surface area contributed by atoms with Gasteiger partial charge in [0.1, 0.15) is 5.75 Å². The van der Waals surface area contributed by atoms with Gasteiger partial charge in [0.25, 0.3) is 5.91 Å². The van der Waals surface area contributed by atoms with Crippen molar-refractivity contribution in [3.63, 3.8) is 0 Å². The van der Waals surface area contributed by atoms with E-state index in [2.05, 4.69) is 26.0 Å². The summed E-state index contributed by atoms with van der Waals surface area (Å²) in [6.07, 6.45) is 0.113. The highest BCUT2D eigenvalue weighted by Gasteiger charge is 2.33. The molecule has 1 aliphatic rings. The Labute approximate surface area is 215 Å². The van der Waals surface area contributed by atoms with Crippen LogP contribution in [-0.2, 0) is 11.2 Å². The number of carbonyl (C=O) groups excluding carboxylic acids is 2. The molecule has 0 radical (unpaired) electrons. The zero-order chi connectivity index (χ0) is 25.2. The van der Waals surface area contributed by atoms with E-state index in [1.165, 1.54) is 11.1 Å². The van der Waals surface area contributed by atoms with Crippen LogP contribution in [0.3, 0.4) is 0 Å². The quantitative estimate of drug-likeness (QED) is 0.273. The number of amides is 1. The number of Topliss-reactive ketones (excluding diaryl/α,β-unsaturated/α-hetero) is 1. The summed E-state index contributed by atoms with van der Waals surface area (Å²) in [6.45, 7) is 5.91. The van der Waals surface area contributed by atoms with Gasteiger partial charge < -0.3 is 4.74 Å². The summed E-state index contributed by atoms with van der Waals surface area (Å²) in [5, 5.41) is 3.05. The molecule has 0 spiro atoms. The fourth-order valence-electron chi connectivity index (χ4n) is 4.31. The van der Waals surface area contributed by atoms with Crippen LogP contribution in [0.1, 0.15) is 53.2 Å². The Morgan fingerprint density at radius 1 is 1.06 bits per heavy atom. The predicted molar refractivity (Wildman–Crippen MR) is 144 cm³/mol. The van der Waals surface area contributed by atoms with Crippen molar-refractivity contribution in [3.8, 4) is 17.0 Å². The number of thiazole rings is 1. The maximum absolute atomic E-state index is 13.1. The van der Waals surface area contributed by atoms with Gasteiger partial charge in [-0.25, -0.2) is 4.98 Å². The average Bonchev–Trinajstić information content (AvgIpc) is 3.35. The third-order valence-corrected chi connectivity index (χ3v) is 7.26. The lowest BCUT2D eigenvalue weighted by Gasteiger charge is -2.33. The third kappa shape index (κ3) is 4.95. The Balaban J connectivity index is 1.41. The van der Waals surface area contributed by atoms with Crippen LogP contribution in [-0.4, -0.2) is 29.3 Å². The highest BCUT2D eigenvalue weighted by Crippen LogP contribution is 2.38. The molecule has 3 aromatic carbocycles. The van der Waals surface area contributed by atoms with Crippen LogP contribution in [0.25, 0.3) is 11.3 Å². The lowest BCUT2D eigenvalue weighted by molar-refractivity contribution is -0.125. The molecular formula is C30H28N2O3S. The van der Waals surface area contributed by atoms with E-state index in [9.17, 15) is 9.59 Å². The number of benzene rings is 3. The van der Waals surface area contributed by atoms with Crippen molar-refractivity contribution < 1.29 is 14.3 Å². The highest BCUT2D eigenvalue weighted by atomic mass is 32.1. The number of ketones is 1. The van der Waals surface area contributed by atoms with Gasteiger partial charge in [-0.05, 0) is 42.2 Å². The molecule has 182 valence electrons. The molecule has 0 fully saturated rings. The summed E-state index contributed by atoms with van der Waals surface area (Å²) in [7, 11) is 0. The van der Waals surface area contributed by atoms with Crippen LogP contribution in [0.5, 0.6) is 5.75 Å². The van der Waals surface area contributed by atoms with Crippen LogP contribution >= 0.6 is 11.3 Å². The second kappa shape index (κ2) is 10.1. The van der Waals surface area contributed by atoms with Crippen molar-refractivity contribution in [2.24, 2.45) is 0 Å². The summed E-state index contributed by atoms with van der Waals surface area (Å²) < 4.78 is 5.86. The van der Waals surface area contributed by atoms with Gasteiger partial charge in [0.05, 0.1) is 22.9 Å². The first-order chi connectivity index (χ1) is 17.4. The molecule has 36 heavy (non-hydrogen) atoms. The molecule has 2 heterocycles. The molecule has 5 nitrogen and oxygen atoms in total. The topological polar surface area (TPSA) is 59.5 Å². The minimum atomic E-state index is -0.656. The van der Waals surface area contributed by atoms with E-state index in [-0.39, 0.29) is 18.2 Å². The second-order valence-corrected chi connectivity index (χ2v) is 10.3. The fourth-order valence-corrected chi connectivity index (χ4v) is 5.15. The molecule has 1 amide bonds. The van der Waals surface area contributed by atoms with Crippen molar-refractivity contribution in [2.45, 2.75) is 39.2 Å². The number of aromatic nitrogens is 1. The number of hydrogen-bond acceptors (Lipinski definition) is 5. The van der Waals surface area contributed by atoms with Crippen molar-refractivity contribution in [2.75, 3.05) is 11.4 Å². The average molecular weight is 497 g/mol. The van der Waals surface area contributed by atoms with E-state index in [0.29, 0.717) is 22.9 Å². The van der Waals surface area contributed by atoms with Gasteiger partial charge in [0.15, 0.2) is 11.9 Å². The Morgan fingerprint density at radius 3 is 2.53 bits per heavy atom. The summed E-state index contributed by atoms with van der Waals surface area (Å²) in [5.41, 5.74) is 5.30. The SMILES string of the molecule is CC1Oc2ccc(-c3csc(Cc4ccccc4)n3)cc2N(CC(=O)c2ccc(C(C)C)cc2)C1=O. The van der Waals surface area contributed by atoms with E-state index in [0.717, 1.165) is 22.7 Å². The molecule has 0 saturated carbocycles. The van der Waals surface area contributed by atoms with Crippen molar-refractivity contribution >= 4 is 28.7 Å². The smallest absolute Gasteiger partial charge is 0.268 e.